The van der Waals surface area contributed by atoms with E-state index in [9.17, 15) is 8.42 Å². The van der Waals surface area contributed by atoms with E-state index in [2.05, 4.69) is 10.2 Å². The third-order valence-corrected chi connectivity index (χ3v) is 6.68. The number of aromatic nitrogens is 2. The van der Waals surface area contributed by atoms with Crippen LogP contribution in [-0.2, 0) is 14.6 Å². The Hall–Kier alpha value is -1.15. The van der Waals surface area contributed by atoms with Crippen LogP contribution < -0.4 is 4.90 Å². The van der Waals surface area contributed by atoms with Gasteiger partial charge in [0, 0.05) is 20.2 Å². The molecular formula is C14H23N3O4S. The molecule has 2 fully saturated rings. The molecule has 124 valence electrons. The molecule has 22 heavy (non-hydrogen) atoms. The predicted molar refractivity (Wildman–Crippen MR) is 80.6 cm³/mol. The summed E-state index contributed by atoms with van der Waals surface area (Å²) in [5.41, 5.74) is 0. The molecule has 3 rings (SSSR count). The van der Waals surface area contributed by atoms with Crippen LogP contribution in [0.4, 0.5) is 6.01 Å². The predicted octanol–water partition coefficient (Wildman–Crippen LogP) is 1.79. The second-order valence-corrected chi connectivity index (χ2v) is 8.18. The van der Waals surface area contributed by atoms with E-state index in [1.165, 1.54) is 0 Å². The Labute approximate surface area is 130 Å². The van der Waals surface area contributed by atoms with E-state index in [4.69, 9.17) is 9.15 Å². The average molecular weight is 329 g/mol. The molecule has 7 nitrogen and oxygen atoms in total. The molecule has 0 bridgehead atoms. The lowest BCUT2D eigenvalue weighted by molar-refractivity contribution is 0.0809. The standard InChI is InChI=1S/C14H23N3O4S/c1-20-11-7-9-17(10-8-11)13-15-16-14(21-13)22(18,19)12-5-3-2-4-6-12/h11-12H,2-10H2,1H3. The van der Waals surface area contributed by atoms with Crippen molar-refractivity contribution < 1.29 is 17.6 Å². The summed E-state index contributed by atoms with van der Waals surface area (Å²) in [5, 5.41) is 7.15. The summed E-state index contributed by atoms with van der Waals surface area (Å²) in [4.78, 5) is 1.93. The Balaban J connectivity index is 1.70. The van der Waals surface area contributed by atoms with E-state index < -0.39 is 9.84 Å². The number of rotatable bonds is 4. The van der Waals surface area contributed by atoms with Crippen molar-refractivity contribution in [2.75, 3.05) is 25.1 Å². The number of nitrogens with zero attached hydrogens (tertiary/aromatic N) is 3. The molecule has 2 aliphatic rings. The summed E-state index contributed by atoms with van der Waals surface area (Å²) >= 11 is 0. The van der Waals surface area contributed by atoms with Gasteiger partial charge in [0.25, 0.3) is 0 Å². The van der Waals surface area contributed by atoms with Crippen molar-refractivity contribution in [1.29, 1.82) is 0 Å². The Morgan fingerprint density at radius 2 is 1.77 bits per heavy atom. The molecular weight excluding hydrogens is 306 g/mol. The Morgan fingerprint density at radius 3 is 2.41 bits per heavy atom. The molecule has 1 aliphatic carbocycles. The van der Waals surface area contributed by atoms with Gasteiger partial charge in [-0.05, 0) is 25.7 Å². The molecule has 0 atom stereocenters. The number of sulfone groups is 1. The SMILES string of the molecule is COC1CCN(c2nnc(S(=O)(=O)C3CCCCC3)o2)CC1. The first-order chi connectivity index (χ1) is 10.6. The lowest BCUT2D eigenvalue weighted by Gasteiger charge is -2.29. The first-order valence-corrected chi connectivity index (χ1v) is 9.51. The fraction of sp³-hybridized carbons (Fsp3) is 0.857. The van der Waals surface area contributed by atoms with Gasteiger partial charge >= 0.3 is 11.2 Å². The maximum absolute atomic E-state index is 12.5. The monoisotopic (exact) mass is 329 g/mol. The van der Waals surface area contributed by atoms with E-state index in [1.54, 1.807) is 7.11 Å². The van der Waals surface area contributed by atoms with Crippen LogP contribution in [0, 0.1) is 0 Å². The van der Waals surface area contributed by atoms with Gasteiger partial charge in [0.15, 0.2) is 0 Å². The van der Waals surface area contributed by atoms with Gasteiger partial charge in [0.1, 0.15) is 0 Å². The zero-order valence-corrected chi connectivity index (χ0v) is 13.7. The highest BCUT2D eigenvalue weighted by Crippen LogP contribution is 2.29. The van der Waals surface area contributed by atoms with Gasteiger partial charge in [-0.1, -0.05) is 29.5 Å². The van der Waals surface area contributed by atoms with E-state index in [-0.39, 0.29) is 16.6 Å². The number of piperidine rings is 1. The fourth-order valence-corrected chi connectivity index (χ4v) is 4.83. The van der Waals surface area contributed by atoms with Crippen LogP contribution in [0.3, 0.4) is 0 Å². The van der Waals surface area contributed by atoms with Gasteiger partial charge in [-0.3, -0.25) is 0 Å². The molecule has 0 aromatic carbocycles. The molecule has 1 saturated heterocycles. The van der Waals surface area contributed by atoms with Crippen molar-refractivity contribution in [3.63, 3.8) is 0 Å². The largest absolute Gasteiger partial charge is 0.394 e. The minimum absolute atomic E-state index is 0.219. The average Bonchev–Trinajstić information content (AvgIpc) is 3.06. The Morgan fingerprint density at radius 1 is 1.09 bits per heavy atom. The fourth-order valence-electron chi connectivity index (χ4n) is 3.25. The minimum atomic E-state index is -3.49. The number of hydrogen-bond donors (Lipinski definition) is 0. The Kier molecular flexibility index (Phi) is 4.67. The van der Waals surface area contributed by atoms with E-state index in [0.717, 1.165) is 45.2 Å². The molecule has 0 spiro atoms. The van der Waals surface area contributed by atoms with Crippen LogP contribution in [0.25, 0.3) is 0 Å². The number of ether oxygens (including phenoxy) is 1. The molecule has 0 amide bonds. The van der Waals surface area contributed by atoms with Crippen LogP contribution in [0.15, 0.2) is 9.64 Å². The summed E-state index contributed by atoms with van der Waals surface area (Å²) in [6.07, 6.45) is 6.41. The van der Waals surface area contributed by atoms with E-state index >= 15 is 0 Å². The summed E-state index contributed by atoms with van der Waals surface area (Å²) in [6, 6.07) is 0.309. The minimum Gasteiger partial charge on any atom is -0.394 e. The number of anilines is 1. The van der Waals surface area contributed by atoms with Gasteiger partial charge in [0.05, 0.1) is 11.4 Å². The van der Waals surface area contributed by atoms with Gasteiger partial charge in [-0.2, -0.15) is 0 Å². The summed E-state index contributed by atoms with van der Waals surface area (Å²) in [6.45, 7) is 1.48. The van der Waals surface area contributed by atoms with Crippen LogP contribution in [0.5, 0.6) is 0 Å². The molecule has 2 heterocycles. The van der Waals surface area contributed by atoms with Crippen molar-refractivity contribution in [2.45, 2.75) is 61.5 Å². The molecule has 8 heteroatoms. The molecule has 0 unspecified atom stereocenters. The maximum atomic E-state index is 12.5. The van der Waals surface area contributed by atoms with Crippen molar-refractivity contribution in [1.82, 2.24) is 10.2 Å². The van der Waals surface area contributed by atoms with Crippen LogP contribution in [0.2, 0.25) is 0 Å². The van der Waals surface area contributed by atoms with Gasteiger partial charge in [-0.15, -0.1) is 0 Å². The van der Waals surface area contributed by atoms with E-state index in [0.29, 0.717) is 18.9 Å². The third kappa shape index (κ3) is 3.12. The van der Waals surface area contributed by atoms with Crippen molar-refractivity contribution in [2.24, 2.45) is 0 Å². The Bertz CT molecular complexity index is 587. The highest BCUT2D eigenvalue weighted by molar-refractivity contribution is 7.91. The summed E-state index contributed by atoms with van der Waals surface area (Å²) < 4.78 is 35.9. The molecule has 1 aromatic heterocycles. The van der Waals surface area contributed by atoms with Crippen molar-refractivity contribution in [3.05, 3.63) is 0 Å². The number of methoxy groups -OCH3 is 1. The van der Waals surface area contributed by atoms with Crippen LogP contribution in [0.1, 0.15) is 44.9 Å². The molecule has 1 aromatic rings. The highest BCUT2D eigenvalue weighted by atomic mass is 32.2. The first-order valence-electron chi connectivity index (χ1n) is 7.96. The zero-order chi connectivity index (χ0) is 15.6. The van der Waals surface area contributed by atoms with Crippen molar-refractivity contribution in [3.8, 4) is 0 Å². The summed E-state index contributed by atoms with van der Waals surface area (Å²) in [7, 11) is -1.78. The third-order valence-electron chi connectivity index (χ3n) is 4.68. The topological polar surface area (TPSA) is 85.5 Å². The smallest absolute Gasteiger partial charge is 0.337 e. The first kappa shape index (κ1) is 15.7. The molecule has 0 radical (unpaired) electrons. The zero-order valence-electron chi connectivity index (χ0n) is 12.9. The van der Waals surface area contributed by atoms with Gasteiger partial charge in [0.2, 0.25) is 9.84 Å². The van der Waals surface area contributed by atoms with Crippen LogP contribution in [-0.4, -0.2) is 50.2 Å². The normalized spacial score (nSPS) is 22.1. The van der Waals surface area contributed by atoms with Gasteiger partial charge < -0.3 is 14.1 Å². The lowest BCUT2D eigenvalue weighted by Crippen LogP contribution is -2.36. The second kappa shape index (κ2) is 6.54. The maximum Gasteiger partial charge on any atom is 0.337 e. The lowest BCUT2D eigenvalue weighted by atomic mass is 10.0. The second-order valence-electron chi connectivity index (χ2n) is 6.08. The molecule has 1 saturated carbocycles. The van der Waals surface area contributed by atoms with Crippen LogP contribution >= 0.6 is 0 Å². The number of hydrogen-bond acceptors (Lipinski definition) is 7. The van der Waals surface area contributed by atoms with Crippen molar-refractivity contribution >= 4 is 15.9 Å². The molecule has 1 aliphatic heterocycles. The van der Waals surface area contributed by atoms with Gasteiger partial charge in [-0.25, -0.2) is 8.42 Å². The highest BCUT2D eigenvalue weighted by Gasteiger charge is 2.34. The van der Waals surface area contributed by atoms with E-state index in [1.807, 2.05) is 4.90 Å². The quantitative estimate of drug-likeness (QED) is 0.832. The molecule has 0 N–H and O–H groups in total. The summed E-state index contributed by atoms with van der Waals surface area (Å²) in [5.74, 6) is 0.